The van der Waals surface area contributed by atoms with Crippen molar-refractivity contribution >= 4 is 11.3 Å². The van der Waals surface area contributed by atoms with Crippen molar-refractivity contribution in [2.75, 3.05) is 26.8 Å². The molecule has 4 heteroatoms. The molecule has 1 aromatic heterocycles. The minimum absolute atomic E-state index is 0.540. The monoisotopic (exact) mass is 226 g/mol. The molecule has 1 N–H and O–H groups in total. The van der Waals surface area contributed by atoms with Crippen LogP contribution in [0, 0.1) is 0 Å². The third kappa shape index (κ3) is 3.00. The van der Waals surface area contributed by atoms with Gasteiger partial charge in [0, 0.05) is 30.9 Å². The van der Waals surface area contributed by atoms with Gasteiger partial charge in [0.2, 0.25) is 0 Å². The maximum atomic E-state index is 5.48. The molecular weight excluding hydrogens is 208 g/mol. The zero-order valence-electron chi connectivity index (χ0n) is 9.16. The average Bonchev–Trinajstić information content (AvgIpc) is 2.76. The fourth-order valence-electron chi connectivity index (χ4n) is 1.83. The average molecular weight is 226 g/mol. The number of hydrogen-bond acceptors (Lipinski definition) is 4. The van der Waals surface area contributed by atoms with Gasteiger partial charge in [0.1, 0.15) is 0 Å². The molecular formula is C11H18N2OS. The van der Waals surface area contributed by atoms with E-state index in [0.717, 1.165) is 26.2 Å². The lowest BCUT2D eigenvalue weighted by atomic mass is 10.00. The van der Waals surface area contributed by atoms with Gasteiger partial charge in [-0.2, -0.15) is 0 Å². The van der Waals surface area contributed by atoms with E-state index in [2.05, 4.69) is 15.7 Å². The highest BCUT2D eigenvalue weighted by molar-refractivity contribution is 7.09. The van der Waals surface area contributed by atoms with Gasteiger partial charge >= 0.3 is 0 Å². The van der Waals surface area contributed by atoms with Gasteiger partial charge in [-0.25, -0.2) is 4.98 Å². The summed E-state index contributed by atoms with van der Waals surface area (Å²) in [5, 5.41) is 6.59. The molecule has 2 rings (SSSR count). The van der Waals surface area contributed by atoms with Crippen molar-refractivity contribution in [2.24, 2.45) is 0 Å². The van der Waals surface area contributed by atoms with Gasteiger partial charge < -0.3 is 10.1 Å². The predicted octanol–water partition coefficient (Wildman–Crippen LogP) is 1.80. The molecule has 1 unspecified atom stereocenters. The molecule has 1 aromatic rings. The number of ether oxygens (including phenoxy) is 1. The summed E-state index contributed by atoms with van der Waals surface area (Å²) < 4.78 is 5.48. The molecule has 1 aliphatic heterocycles. The fraction of sp³-hybridized carbons (Fsp3) is 0.727. The molecule has 1 fully saturated rings. The Kier molecular flexibility index (Phi) is 4.11. The van der Waals surface area contributed by atoms with E-state index in [1.54, 1.807) is 11.3 Å². The Labute approximate surface area is 94.9 Å². The smallest absolute Gasteiger partial charge is 0.0941 e. The van der Waals surface area contributed by atoms with Crippen molar-refractivity contribution in [1.29, 1.82) is 0 Å². The van der Waals surface area contributed by atoms with Crippen molar-refractivity contribution in [2.45, 2.75) is 25.2 Å². The summed E-state index contributed by atoms with van der Waals surface area (Å²) in [5.74, 6) is 0.540. The van der Waals surface area contributed by atoms with Gasteiger partial charge in [0.05, 0.1) is 17.3 Å². The normalized spacial score (nSPS) is 21.8. The Morgan fingerprint density at radius 2 is 2.60 bits per heavy atom. The van der Waals surface area contributed by atoms with E-state index in [1.807, 2.05) is 7.05 Å². The Bertz CT molecular complexity index is 295. The van der Waals surface area contributed by atoms with E-state index in [0.29, 0.717) is 5.92 Å². The molecule has 0 bridgehead atoms. The zero-order valence-corrected chi connectivity index (χ0v) is 9.98. The Morgan fingerprint density at radius 3 is 3.33 bits per heavy atom. The number of hydrogen-bond donors (Lipinski definition) is 1. The van der Waals surface area contributed by atoms with Crippen molar-refractivity contribution < 1.29 is 4.74 Å². The van der Waals surface area contributed by atoms with Crippen LogP contribution in [0.25, 0.3) is 0 Å². The summed E-state index contributed by atoms with van der Waals surface area (Å²) in [6.45, 7) is 2.79. The molecule has 15 heavy (non-hydrogen) atoms. The van der Waals surface area contributed by atoms with E-state index in [-0.39, 0.29) is 0 Å². The third-order valence-electron chi connectivity index (χ3n) is 2.74. The van der Waals surface area contributed by atoms with Crippen LogP contribution in [0.15, 0.2) is 5.38 Å². The number of nitrogens with one attached hydrogen (secondary N) is 1. The number of likely N-dealkylation sites (N-methyl/N-ethyl adjacent to an activating group) is 1. The molecule has 0 radical (unpaired) electrons. The maximum Gasteiger partial charge on any atom is 0.0941 e. The first kappa shape index (κ1) is 11.0. The summed E-state index contributed by atoms with van der Waals surface area (Å²) in [4.78, 5) is 4.67. The van der Waals surface area contributed by atoms with Crippen molar-refractivity contribution in [3.05, 3.63) is 16.1 Å². The van der Waals surface area contributed by atoms with E-state index in [9.17, 15) is 0 Å². The molecule has 0 aliphatic carbocycles. The van der Waals surface area contributed by atoms with Gasteiger partial charge in [-0.15, -0.1) is 11.3 Å². The van der Waals surface area contributed by atoms with Crippen LogP contribution in [-0.4, -0.2) is 31.8 Å². The standard InChI is InChI=1S/C11H18N2OS/c1-12-5-4-11-13-10(8-15-11)9-3-2-6-14-7-9/h8-9,12H,2-7H2,1H3. The predicted molar refractivity (Wildman–Crippen MR) is 62.5 cm³/mol. The van der Waals surface area contributed by atoms with Gasteiger partial charge in [0.25, 0.3) is 0 Å². The van der Waals surface area contributed by atoms with Crippen LogP contribution in [0.5, 0.6) is 0 Å². The summed E-state index contributed by atoms with van der Waals surface area (Å²) in [6.07, 6.45) is 3.44. The van der Waals surface area contributed by atoms with Crippen molar-refractivity contribution in [3.8, 4) is 0 Å². The van der Waals surface area contributed by atoms with Gasteiger partial charge in [0.15, 0.2) is 0 Å². The minimum atomic E-state index is 0.540. The highest BCUT2D eigenvalue weighted by Crippen LogP contribution is 2.26. The van der Waals surface area contributed by atoms with Crippen LogP contribution >= 0.6 is 11.3 Å². The quantitative estimate of drug-likeness (QED) is 0.850. The van der Waals surface area contributed by atoms with E-state index in [1.165, 1.54) is 23.5 Å². The first-order valence-corrected chi connectivity index (χ1v) is 6.44. The largest absolute Gasteiger partial charge is 0.381 e. The van der Waals surface area contributed by atoms with Crippen LogP contribution in [0.1, 0.15) is 29.5 Å². The first-order chi connectivity index (χ1) is 7.40. The number of nitrogens with zero attached hydrogens (tertiary/aromatic N) is 1. The van der Waals surface area contributed by atoms with Gasteiger partial charge in [-0.1, -0.05) is 0 Å². The molecule has 1 aliphatic rings. The Hall–Kier alpha value is -0.450. The van der Waals surface area contributed by atoms with Crippen LogP contribution in [-0.2, 0) is 11.2 Å². The summed E-state index contributed by atoms with van der Waals surface area (Å²) in [7, 11) is 1.98. The summed E-state index contributed by atoms with van der Waals surface area (Å²) in [5.41, 5.74) is 1.24. The molecule has 0 aromatic carbocycles. The van der Waals surface area contributed by atoms with Gasteiger partial charge in [-0.3, -0.25) is 0 Å². The third-order valence-corrected chi connectivity index (χ3v) is 3.66. The van der Waals surface area contributed by atoms with Gasteiger partial charge in [-0.05, 0) is 19.9 Å². The number of aromatic nitrogens is 1. The fourth-order valence-corrected chi connectivity index (χ4v) is 2.71. The molecule has 0 amide bonds. The molecule has 1 saturated heterocycles. The van der Waals surface area contributed by atoms with E-state index in [4.69, 9.17) is 4.74 Å². The van der Waals surface area contributed by atoms with Crippen molar-refractivity contribution in [3.63, 3.8) is 0 Å². The zero-order chi connectivity index (χ0) is 10.5. The van der Waals surface area contributed by atoms with Crippen molar-refractivity contribution in [1.82, 2.24) is 10.3 Å². The number of thiazole rings is 1. The van der Waals surface area contributed by atoms with Crippen LogP contribution in [0.3, 0.4) is 0 Å². The molecule has 84 valence electrons. The van der Waals surface area contributed by atoms with Crippen LogP contribution in [0.2, 0.25) is 0 Å². The first-order valence-electron chi connectivity index (χ1n) is 5.57. The maximum absolute atomic E-state index is 5.48. The second kappa shape index (κ2) is 5.58. The van der Waals surface area contributed by atoms with Crippen LogP contribution in [0.4, 0.5) is 0 Å². The summed E-state index contributed by atoms with van der Waals surface area (Å²) >= 11 is 1.78. The highest BCUT2D eigenvalue weighted by atomic mass is 32.1. The summed E-state index contributed by atoms with van der Waals surface area (Å²) in [6, 6.07) is 0. The SMILES string of the molecule is CNCCc1nc(C2CCCOC2)cs1. The lowest BCUT2D eigenvalue weighted by Crippen LogP contribution is -2.16. The highest BCUT2D eigenvalue weighted by Gasteiger charge is 2.18. The minimum Gasteiger partial charge on any atom is -0.381 e. The Balaban J connectivity index is 1.93. The lowest BCUT2D eigenvalue weighted by Gasteiger charge is -2.20. The van der Waals surface area contributed by atoms with E-state index >= 15 is 0 Å². The molecule has 0 spiro atoms. The topological polar surface area (TPSA) is 34.2 Å². The Morgan fingerprint density at radius 1 is 1.67 bits per heavy atom. The molecule has 3 nitrogen and oxygen atoms in total. The van der Waals surface area contributed by atoms with Crippen LogP contribution < -0.4 is 5.32 Å². The second-order valence-electron chi connectivity index (χ2n) is 3.93. The number of rotatable bonds is 4. The lowest BCUT2D eigenvalue weighted by molar-refractivity contribution is 0.0794. The molecule has 2 heterocycles. The van der Waals surface area contributed by atoms with E-state index < -0.39 is 0 Å². The molecule has 1 atom stereocenters. The molecule has 0 saturated carbocycles. The second-order valence-corrected chi connectivity index (χ2v) is 4.88.